The second kappa shape index (κ2) is 6.14. The molecule has 0 saturated heterocycles. The molecular formula is C17H15ClFNS. The monoisotopic (exact) mass is 319 g/mol. The fraction of sp³-hybridized carbons (Fsp3) is 0.176. The summed E-state index contributed by atoms with van der Waals surface area (Å²) in [6.45, 7) is 0. The number of hydrogen-bond acceptors (Lipinski definition) is 2. The second-order valence-corrected chi connectivity index (χ2v) is 6.29. The van der Waals surface area contributed by atoms with Crippen LogP contribution < -0.4 is 5.32 Å². The predicted molar refractivity (Wildman–Crippen MR) is 88.7 cm³/mol. The third kappa shape index (κ3) is 2.95. The van der Waals surface area contributed by atoms with Crippen LogP contribution in [0.5, 0.6) is 0 Å². The molecule has 0 spiro atoms. The lowest BCUT2D eigenvalue weighted by atomic mass is 9.98. The van der Waals surface area contributed by atoms with Crippen molar-refractivity contribution in [2.75, 3.05) is 7.05 Å². The second-order valence-electron chi connectivity index (χ2n) is 4.97. The Balaban J connectivity index is 1.97. The van der Waals surface area contributed by atoms with E-state index in [1.807, 2.05) is 7.05 Å². The van der Waals surface area contributed by atoms with Gasteiger partial charge in [0, 0.05) is 15.8 Å². The molecule has 1 unspecified atom stereocenters. The summed E-state index contributed by atoms with van der Waals surface area (Å²) in [6, 6.07) is 13.2. The molecule has 4 heteroatoms. The van der Waals surface area contributed by atoms with Crippen molar-refractivity contribution in [3.8, 4) is 0 Å². The van der Waals surface area contributed by atoms with Gasteiger partial charge in [-0.25, -0.2) is 4.39 Å². The van der Waals surface area contributed by atoms with Crippen LogP contribution in [0.3, 0.4) is 0 Å². The Hall–Kier alpha value is -1.42. The minimum atomic E-state index is -0.301. The molecule has 0 aliphatic carbocycles. The van der Waals surface area contributed by atoms with Crippen LogP contribution in [0.25, 0.3) is 10.1 Å². The lowest BCUT2D eigenvalue weighted by Crippen LogP contribution is -2.19. The molecule has 2 aromatic carbocycles. The van der Waals surface area contributed by atoms with Crippen LogP contribution in [0, 0.1) is 5.82 Å². The first-order valence-corrected chi connectivity index (χ1v) is 8.02. The molecule has 0 radical (unpaired) electrons. The highest BCUT2D eigenvalue weighted by Crippen LogP contribution is 2.31. The van der Waals surface area contributed by atoms with Gasteiger partial charge in [0.2, 0.25) is 0 Å². The molecule has 0 saturated carbocycles. The van der Waals surface area contributed by atoms with Gasteiger partial charge in [-0.15, -0.1) is 11.3 Å². The molecule has 1 heterocycles. The van der Waals surface area contributed by atoms with Gasteiger partial charge in [-0.05, 0) is 53.6 Å². The lowest BCUT2D eigenvalue weighted by molar-refractivity contribution is 0.593. The molecule has 108 valence electrons. The van der Waals surface area contributed by atoms with Gasteiger partial charge in [0.15, 0.2) is 0 Å². The van der Waals surface area contributed by atoms with Crippen LogP contribution in [-0.4, -0.2) is 7.05 Å². The van der Waals surface area contributed by atoms with Crippen molar-refractivity contribution in [2.24, 2.45) is 0 Å². The van der Waals surface area contributed by atoms with Crippen LogP contribution in [-0.2, 0) is 6.42 Å². The fourth-order valence-corrected chi connectivity index (χ4v) is 3.78. The van der Waals surface area contributed by atoms with Crippen LogP contribution in [0.1, 0.15) is 17.2 Å². The van der Waals surface area contributed by atoms with Gasteiger partial charge >= 0.3 is 0 Å². The molecule has 0 amide bonds. The first kappa shape index (κ1) is 14.5. The Morgan fingerprint density at radius 1 is 1.24 bits per heavy atom. The molecule has 0 bridgehead atoms. The van der Waals surface area contributed by atoms with Gasteiger partial charge in [-0.1, -0.05) is 35.9 Å². The molecule has 1 atom stereocenters. The van der Waals surface area contributed by atoms with Gasteiger partial charge in [0.05, 0.1) is 0 Å². The zero-order chi connectivity index (χ0) is 14.8. The van der Waals surface area contributed by atoms with E-state index in [2.05, 4.69) is 35.0 Å². The van der Waals surface area contributed by atoms with E-state index < -0.39 is 0 Å². The summed E-state index contributed by atoms with van der Waals surface area (Å²) in [5.74, 6) is -0.301. The van der Waals surface area contributed by atoms with E-state index in [4.69, 9.17) is 11.6 Å². The van der Waals surface area contributed by atoms with Gasteiger partial charge in [0.1, 0.15) is 5.82 Å². The third-order valence-corrected chi connectivity index (χ3v) is 5.00. The zero-order valence-electron chi connectivity index (χ0n) is 11.6. The number of likely N-dealkylation sites (N-methyl/N-ethyl adjacent to an activating group) is 1. The fourth-order valence-electron chi connectivity index (χ4n) is 2.57. The first-order valence-electron chi connectivity index (χ1n) is 6.76. The van der Waals surface area contributed by atoms with E-state index in [-0.39, 0.29) is 11.9 Å². The highest BCUT2D eigenvalue weighted by atomic mass is 35.5. The van der Waals surface area contributed by atoms with Gasteiger partial charge in [-0.3, -0.25) is 0 Å². The minimum Gasteiger partial charge on any atom is -0.313 e. The van der Waals surface area contributed by atoms with E-state index in [0.29, 0.717) is 5.02 Å². The van der Waals surface area contributed by atoms with Crippen molar-refractivity contribution in [2.45, 2.75) is 12.5 Å². The highest BCUT2D eigenvalue weighted by Gasteiger charge is 2.15. The molecule has 3 aromatic rings. The third-order valence-electron chi connectivity index (χ3n) is 3.67. The maximum Gasteiger partial charge on any atom is 0.124 e. The minimum absolute atomic E-state index is 0.148. The molecule has 0 fully saturated rings. The Labute approximate surface area is 132 Å². The summed E-state index contributed by atoms with van der Waals surface area (Å²) in [7, 11) is 1.94. The number of benzene rings is 2. The summed E-state index contributed by atoms with van der Waals surface area (Å²) >= 11 is 7.89. The number of halogens is 2. The van der Waals surface area contributed by atoms with Gasteiger partial charge in [0.25, 0.3) is 0 Å². The quantitative estimate of drug-likeness (QED) is 0.697. The molecule has 21 heavy (non-hydrogen) atoms. The van der Waals surface area contributed by atoms with E-state index in [1.165, 1.54) is 27.8 Å². The van der Waals surface area contributed by atoms with E-state index in [9.17, 15) is 4.39 Å². The molecule has 3 rings (SSSR count). The van der Waals surface area contributed by atoms with Crippen molar-refractivity contribution in [3.63, 3.8) is 0 Å². The van der Waals surface area contributed by atoms with Crippen molar-refractivity contribution < 1.29 is 4.39 Å². The Bertz CT molecular complexity index is 768. The first-order chi connectivity index (χ1) is 10.2. The Kier molecular flexibility index (Phi) is 4.24. The smallest absolute Gasteiger partial charge is 0.124 e. The highest BCUT2D eigenvalue weighted by molar-refractivity contribution is 7.17. The predicted octanol–water partition coefficient (Wildman–Crippen LogP) is 5.20. The summed E-state index contributed by atoms with van der Waals surface area (Å²) in [5.41, 5.74) is 2.20. The number of fused-ring (bicyclic) bond motifs is 1. The molecule has 1 nitrogen and oxygen atoms in total. The summed E-state index contributed by atoms with van der Waals surface area (Å²) < 4.78 is 14.4. The lowest BCUT2D eigenvalue weighted by Gasteiger charge is -2.18. The van der Waals surface area contributed by atoms with E-state index >= 15 is 0 Å². The van der Waals surface area contributed by atoms with Gasteiger partial charge < -0.3 is 5.32 Å². The maximum absolute atomic E-state index is 13.2. The van der Waals surface area contributed by atoms with Crippen LogP contribution in [0.2, 0.25) is 5.02 Å². The number of rotatable bonds is 4. The Morgan fingerprint density at radius 3 is 2.86 bits per heavy atom. The van der Waals surface area contributed by atoms with Crippen LogP contribution in [0.15, 0.2) is 47.8 Å². The molecule has 1 aromatic heterocycles. The molecule has 0 aliphatic heterocycles. The standard InChI is InChI=1S/C17H15ClFNS/c1-20-16(9-12-5-6-13(19)10-15(12)18)14-4-2-3-11-7-8-21-17(11)14/h2-8,10,16,20H,9H2,1H3. The number of hydrogen-bond donors (Lipinski definition) is 1. The zero-order valence-corrected chi connectivity index (χ0v) is 13.1. The molecule has 0 aliphatic rings. The largest absolute Gasteiger partial charge is 0.313 e. The van der Waals surface area contributed by atoms with Crippen molar-refractivity contribution >= 4 is 33.0 Å². The molecule has 1 N–H and O–H groups in total. The van der Waals surface area contributed by atoms with E-state index in [1.54, 1.807) is 17.4 Å². The summed E-state index contributed by atoms with van der Waals surface area (Å²) in [6.07, 6.45) is 0.729. The van der Waals surface area contributed by atoms with Crippen LogP contribution in [0.4, 0.5) is 4.39 Å². The molecular weight excluding hydrogens is 305 g/mol. The summed E-state index contributed by atoms with van der Waals surface area (Å²) in [4.78, 5) is 0. The van der Waals surface area contributed by atoms with Crippen molar-refractivity contribution in [3.05, 3.63) is 69.8 Å². The average Bonchev–Trinajstić information content (AvgIpc) is 2.95. The van der Waals surface area contributed by atoms with Crippen molar-refractivity contribution in [1.29, 1.82) is 0 Å². The Morgan fingerprint density at radius 2 is 2.10 bits per heavy atom. The SMILES string of the molecule is CNC(Cc1ccc(F)cc1Cl)c1cccc2ccsc12. The van der Waals surface area contributed by atoms with Crippen LogP contribution >= 0.6 is 22.9 Å². The normalized spacial score (nSPS) is 12.7. The maximum atomic E-state index is 13.2. The number of nitrogens with one attached hydrogen (secondary N) is 1. The van der Waals surface area contributed by atoms with E-state index in [0.717, 1.165) is 12.0 Å². The van der Waals surface area contributed by atoms with Crippen molar-refractivity contribution in [1.82, 2.24) is 5.32 Å². The number of thiophene rings is 1. The average molecular weight is 320 g/mol. The summed E-state index contributed by atoms with van der Waals surface area (Å²) in [5, 5.41) is 7.18. The van der Waals surface area contributed by atoms with Gasteiger partial charge in [-0.2, -0.15) is 0 Å². The topological polar surface area (TPSA) is 12.0 Å².